The second kappa shape index (κ2) is 6.95. The van der Waals surface area contributed by atoms with Crippen LogP contribution < -0.4 is 5.32 Å². The molecule has 0 unspecified atom stereocenters. The van der Waals surface area contributed by atoms with Gasteiger partial charge in [-0.05, 0) is 60.8 Å². The summed E-state index contributed by atoms with van der Waals surface area (Å²) >= 11 is 5.60. The molecule has 6 heteroatoms. The number of hydrogen-bond acceptors (Lipinski definition) is 3. The molecule has 5 nitrogen and oxygen atoms in total. The molecule has 29 heavy (non-hydrogen) atoms. The monoisotopic (exact) mass is 404 g/mol. The highest BCUT2D eigenvalue weighted by atomic mass is 32.1. The lowest BCUT2D eigenvalue weighted by Gasteiger charge is -2.34. The fourth-order valence-electron chi connectivity index (χ4n) is 4.60. The van der Waals surface area contributed by atoms with Crippen LogP contribution in [-0.2, 0) is 0 Å². The summed E-state index contributed by atoms with van der Waals surface area (Å²) in [6.07, 6.45) is 3.47. The largest absolute Gasteiger partial charge is 0.349 e. The Morgan fingerprint density at radius 1 is 1.21 bits per heavy atom. The molecule has 1 aliphatic carbocycles. The van der Waals surface area contributed by atoms with E-state index in [1.807, 2.05) is 46.9 Å². The van der Waals surface area contributed by atoms with Gasteiger partial charge in [-0.15, -0.1) is 0 Å². The summed E-state index contributed by atoms with van der Waals surface area (Å²) in [6, 6.07) is 13.9. The molecule has 2 aromatic carbocycles. The third-order valence-corrected chi connectivity index (χ3v) is 6.84. The van der Waals surface area contributed by atoms with Crippen LogP contribution in [0.15, 0.2) is 42.5 Å². The molecule has 0 saturated heterocycles. The molecule has 3 atom stereocenters. The number of rotatable bonds is 2. The Balaban J connectivity index is 1.55. The molecule has 1 saturated carbocycles. The van der Waals surface area contributed by atoms with Crippen LogP contribution >= 0.6 is 12.2 Å². The highest BCUT2D eigenvalue weighted by Gasteiger charge is 2.28. The van der Waals surface area contributed by atoms with Gasteiger partial charge >= 0.3 is 0 Å². The first-order valence-electron chi connectivity index (χ1n) is 10.3. The molecule has 4 aromatic rings. The van der Waals surface area contributed by atoms with Gasteiger partial charge in [-0.3, -0.25) is 9.20 Å². The van der Waals surface area contributed by atoms with Gasteiger partial charge in [0.15, 0.2) is 4.77 Å². The summed E-state index contributed by atoms with van der Waals surface area (Å²) in [5.41, 5.74) is 4.17. The van der Waals surface area contributed by atoms with Gasteiger partial charge in [0.05, 0.1) is 16.6 Å². The fraction of sp³-hybridized carbons (Fsp3) is 0.348. The highest BCUT2D eigenvalue weighted by Crippen LogP contribution is 2.30. The van der Waals surface area contributed by atoms with Crippen LogP contribution in [0.5, 0.6) is 0 Å². The van der Waals surface area contributed by atoms with Crippen molar-refractivity contribution < 1.29 is 4.79 Å². The summed E-state index contributed by atoms with van der Waals surface area (Å²) in [7, 11) is 0. The zero-order chi connectivity index (χ0) is 20.1. The molecule has 2 heterocycles. The molecule has 1 amide bonds. The molecule has 148 valence electrons. The minimum Gasteiger partial charge on any atom is -0.349 e. The van der Waals surface area contributed by atoms with E-state index in [1.165, 1.54) is 12.8 Å². The zero-order valence-corrected chi connectivity index (χ0v) is 17.4. The number of aromatic nitrogens is 3. The number of hydrogen-bond donors (Lipinski definition) is 2. The maximum Gasteiger partial charge on any atom is 0.251 e. The lowest BCUT2D eigenvalue weighted by Crippen LogP contribution is -2.43. The average Bonchev–Trinajstić information content (AvgIpc) is 3.11. The van der Waals surface area contributed by atoms with Gasteiger partial charge in [-0.2, -0.15) is 0 Å². The van der Waals surface area contributed by atoms with E-state index in [0.29, 0.717) is 22.2 Å². The van der Waals surface area contributed by atoms with Crippen LogP contribution in [0.1, 0.15) is 43.5 Å². The van der Waals surface area contributed by atoms with E-state index in [2.05, 4.69) is 24.1 Å². The number of nitrogens with zero attached hydrogens (tertiary/aromatic N) is 2. The van der Waals surface area contributed by atoms with E-state index in [9.17, 15) is 4.79 Å². The van der Waals surface area contributed by atoms with Gasteiger partial charge in [-0.25, -0.2) is 4.98 Å². The van der Waals surface area contributed by atoms with E-state index < -0.39 is 0 Å². The maximum atomic E-state index is 12.9. The average molecular weight is 405 g/mol. The molecule has 0 radical (unpaired) electrons. The van der Waals surface area contributed by atoms with Crippen LogP contribution in [0.4, 0.5) is 0 Å². The first-order valence-corrected chi connectivity index (χ1v) is 10.7. The Bertz CT molecular complexity index is 1300. The lowest BCUT2D eigenvalue weighted by molar-refractivity contribution is 0.0891. The van der Waals surface area contributed by atoms with Gasteiger partial charge < -0.3 is 10.3 Å². The molecular weight excluding hydrogens is 380 g/mol. The van der Waals surface area contributed by atoms with Gasteiger partial charge in [0, 0.05) is 17.0 Å². The van der Waals surface area contributed by atoms with Gasteiger partial charge in [0.2, 0.25) is 0 Å². The van der Waals surface area contributed by atoms with Crippen molar-refractivity contribution in [3.8, 4) is 0 Å². The van der Waals surface area contributed by atoms with E-state index in [-0.39, 0.29) is 11.9 Å². The number of benzene rings is 2. The maximum absolute atomic E-state index is 12.9. The van der Waals surface area contributed by atoms with E-state index in [1.54, 1.807) is 0 Å². The molecule has 1 fully saturated rings. The lowest BCUT2D eigenvalue weighted by atomic mass is 9.78. The quantitative estimate of drug-likeness (QED) is 0.448. The summed E-state index contributed by atoms with van der Waals surface area (Å²) in [4.78, 5) is 21.0. The Morgan fingerprint density at radius 2 is 2.03 bits per heavy atom. The predicted octanol–water partition coefficient (Wildman–Crippen LogP) is 5.25. The molecule has 0 bridgehead atoms. The second-order valence-corrected chi connectivity index (χ2v) is 8.68. The predicted molar refractivity (Wildman–Crippen MR) is 119 cm³/mol. The standard InChI is InChI=1S/C23H24N4OS/c1-13-6-5-8-17(14(13)2)25-22(28)15-10-11-16-19(12-15)26-23(29)27-20-9-4-3-7-18(20)24-21(16)27/h3-4,7,9-14,17H,5-6,8H2,1-2H3,(H,25,28)(H,26,29)/t13-,14+,17+/m1/s1. The van der Waals surface area contributed by atoms with E-state index >= 15 is 0 Å². The zero-order valence-electron chi connectivity index (χ0n) is 16.6. The number of fused-ring (bicyclic) bond motifs is 5. The highest BCUT2D eigenvalue weighted by molar-refractivity contribution is 7.71. The summed E-state index contributed by atoms with van der Waals surface area (Å²) < 4.78 is 2.53. The Morgan fingerprint density at radius 3 is 2.90 bits per heavy atom. The molecule has 1 aliphatic rings. The number of imidazole rings is 1. The van der Waals surface area contributed by atoms with Gasteiger partial charge in [-0.1, -0.05) is 38.8 Å². The Kier molecular flexibility index (Phi) is 4.39. The number of aromatic amines is 1. The van der Waals surface area contributed by atoms with Crippen LogP contribution in [0.3, 0.4) is 0 Å². The number of carbonyl (C=O) groups excluding carboxylic acids is 1. The summed E-state index contributed by atoms with van der Waals surface area (Å²) in [6.45, 7) is 4.52. The van der Waals surface area contributed by atoms with Gasteiger partial charge in [0.1, 0.15) is 5.65 Å². The van der Waals surface area contributed by atoms with Crippen LogP contribution in [0.25, 0.3) is 27.6 Å². The fourth-order valence-corrected chi connectivity index (χ4v) is 4.90. The summed E-state index contributed by atoms with van der Waals surface area (Å²) in [5, 5.41) is 4.20. The number of para-hydroxylation sites is 2. The first-order chi connectivity index (χ1) is 14.0. The number of H-pyrrole nitrogens is 1. The van der Waals surface area contributed by atoms with Crippen molar-refractivity contribution in [1.82, 2.24) is 19.7 Å². The van der Waals surface area contributed by atoms with Crippen LogP contribution in [0.2, 0.25) is 0 Å². The van der Waals surface area contributed by atoms with Crippen molar-refractivity contribution in [1.29, 1.82) is 0 Å². The minimum atomic E-state index is -0.0226. The van der Waals surface area contributed by atoms with E-state index in [0.717, 1.165) is 34.0 Å². The minimum absolute atomic E-state index is 0.0226. The number of carbonyl (C=O) groups is 1. The SMILES string of the molecule is C[C@H]1[C@H](C)CCC[C@@H]1NC(=O)c1ccc2c(c1)[nH]c(=S)n1c3ccccc3nc21. The normalized spacial score (nSPS) is 22.3. The smallest absolute Gasteiger partial charge is 0.251 e. The number of amides is 1. The van der Waals surface area contributed by atoms with Crippen molar-refractivity contribution in [2.24, 2.45) is 11.8 Å². The van der Waals surface area contributed by atoms with Gasteiger partial charge in [0.25, 0.3) is 5.91 Å². The second-order valence-electron chi connectivity index (χ2n) is 8.30. The van der Waals surface area contributed by atoms with Crippen LogP contribution in [-0.4, -0.2) is 26.3 Å². The van der Waals surface area contributed by atoms with Crippen molar-refractivity contribution in [2.75, 3.05) is 0 Å². The molecule has 5 rings (SSSR count). The molecule has 0 aliphatic heterocycles. The first kappa shape index (κ1) is 18.3. The van der Waals surface area contributed by atoms with Crippen LogP contribution in [0, 0.1) is 16.6 Å². The third-order valence-electron chi connectivity index (χ3n) is 6.55. The van der Waals surface area contributed by atoms with Crippen molar-refractivity contribution in [2.45, 2.75) is 39.2 Å². The molecule has 2 N–H and O–H groups in total. The van der Waals surface area contributed by atoms with Crippen molar-refractivity contribution >= 4 is 45.7 Å². The third kappa shape index (κ3) is 3.02. The Labute approximate surface area is 174 Å². The topological polar surface area (TPSA) is 62.2 Å². The number of nitrogens with one attached hydrogen (secondary N) is 2. The molecule has 2 aromatic heterocycles. The molecule has 0 spiro atoms. The summed E-state index contributed by atoms with van der Waals surface area (Å²) in [5.74, 6) is 1.12. The Hall–Kier alpha value is -2.73. The van der Waals surface area contributed by atoms with E-state index in [4.69, 9.17) is 17.2 Å². The van der Waals surface area contributed by atoms with Crippen molar-refractivity contribution in [3.05, 3.63) is 52.8 Å². The molecular formula is C23H24N4OS. The van der Waals surface area contributed by atoms with Crippen molar-refractivity contribution in [3.63, 3.8) is 0 Å².